The van der Waals surface area contributed by atoms with Crippen LogP contribution in [0.15, 0.2) is 192 Å². The number of aromatic nitrogens is 2. The molecule has 8 rings (SSSR count). The van der Waals surface area contributed by atoms with Crippen LogP contribution in [-0.2, 0) is 6.54 Å². The van der Waals surface area contributed by atoms with E-state index < -0.39 is 0 Å². The molecule has 0 saturated heterocycles. The van der Waals surface area contributed by atoms with Gasteiger partial charge in [0.05, 0.1) is 46.1 Å². The highest BCUT2D eigenvalue weighted by Gasteiger charge is 2.15. The summed E-state index contributed by atoms with van der Waals surface area (Å²) in [4.78, 5) is 15.2. The van der Waals surface area contributed by atoms with E-state index >= 15 is 0 Å². The second-order valence-corrected chi connectivity index (χ2v) is 11.7. The molecule has 0 amide bonds. The Balaban J connectivity index is 1.31. The first-order chi connectivity index (χ1) is 23.8. The standard InChI is InChI=1S/C44H32N4/c1-5-15-32(16-6-1)43(33-17-7-2-8-18-33)46-36-24-26-39-40-27-25-37(30-42(40)48(41(39)29-36)31-38-23-13-14-28-45-38)47-44(34-19-9-3-10-20-34)35-21-11-4-12-22-35/h1-30H,31H2. The molecule has 0 bridgehead atoms. The van der Waals surface area contributed by atoms with Gasteiger partial charge in [-0.2, -0.15) is 0 Å². The molecule has 4 heteroatoms. The van der Waals surface area contributed by atoms with Crippen LogP contribution in [0, 0.1) is 0 Å². The number of pyridine rings is 1. The molecule has 0 atom stereocenters. The van der Waals surface area contributed by atoms with Gasteiger partial charge in [0.2, 0.25) is 0 Å². The van der Waals surface area contributed by atoms with Crippen LogP contribution in [0.25, 0.3) is 21.8 Å². The Morgan fingerprint density at radius 3 is 1.21 bits per heavy atom. The zero-order valence-corrected chi connectivity index (χ0v) is 26.3. The highest BCUT2D eigenvalue weighted by atomic mass is 15.0. The van der Waals surface area contributed by atoms with Crippen LogP contribution in [0.4, 0.5) is 11.4 Å². The van der Waals surface area contributed by atoms with E-state index in [0.717, 1.165) is 61.8 Å². The number of hydrogen-bond acceptors (Lipinski definition) is 3. The van der Waals surface area contributed by atoms with E-state index in [1.54, 1.807) is 0 Å². The molecule has 0 unspecified atom stereocenters. The lowest BCUT2D eigenvalue weighted by Gasteiger charge is -2.10. The van der Waals surface area contributed by atoms with Crippen LogP contribution in [0.5, 0.6) is 0 Å². The van der Waals surface area contributed by atoms with E-state index in [1.165, 1.54) is 10.8 Å². The maximum atomic E-state index is 5.26. The van der Waals surface area contributed by atoms with Crippen molar-refractivity contribution in [1.82, 2.24) is 9.55 Å². The molecule has 0 fully saturated rings. The first-order valence-corrected chi connectivity index (χ1v) is 16.2. The second-order valence-electron chi connectivity index (χ2n) is 11.7. The van der Waals surface area contributed by atoms with Crippen molar-refractivity contribution >= 4 is 44.6 Å². The maximum absolute atomic E-state index is 5.26. The van der Waals surface area contributed by atoms with Crippen LogP contribution in [0.2, 0.25) is 0 Å². The molecule has 0 aliphatic heterocycles. The number of aliphatic imine (C=N–C) groups is 2. The van der Waals surface area contributed by atoms with Crippen molar-refractivity contribution in [3.8, 4) is 0 Å². The lowest BCUT2D eigenvalue weighted by atomic mass is 10.0. The monoisotopic (exact) mass is 616 g/mol. The fourth-order valence-electron chi connectivity index (χ4n) is 6.27. The Labute approximate surface area is 280 Å². The van der Waals surface area contributed by atoms with E-state index in [1.807, 2.05) is 42.6 Å². The van der Waals surface area contributed by atoms with Crippen molar-refractivity contribution in [1.29, 1.82) is 0 Å². The van der Waals surface area contributed by atoms with Crippen molar-refractivity contribution < 1.29 is 0 Å². The average Bonchev–Trinajstić information content (AvgIpc) is 3.46. The fourth-order valence-corrected chi connectivity index (χ4v) is 6.27. The molecule has 48 heavy (non-hydrogen) atoms. The summed E-state index contributed by atoms with van der Waals surface area (Å²) >= 11 is 0. The summed E-state index contributed by atoms with van der Waals surface area (Å²) in [5.74, 6) is 0. The number of fused-ring (bicyclic) bond motifs is 3. The van der Waals surface area contributed by atoms with Crippen LogP contribution in [0.3, 0.4) is 0 Å². The zero-order chi connectivity index (χ0) is 32.1. The zero-order valence-electron chi connectivity index (χ0n) is 26.3. The number of benzene rings is 6. The number of nitrogens with zero attached hydrogens (tertiary/aromatic N) is 4. The van der Waals surface area contributed by atoms with E-state index in [4.69, 9.17) is 15.0 Å². The molecule has 0 spiro atoms. The largest absolute Gasteiger partial charge is 0.334 e. The molecule has 8 aromatic rings. The third-order valence-electron chi connectivity index (χ3n) is 8.55. The van der Waals surface area contributed by atoms with Crippen molar-refractivity contribution in [2.45, 2.75) is 6.54 Å². The van der Waals surface area contributed by atoms with Gasteiger partial charge in [-0.15, -0.1) is 0 Å². The van der Waals surface area contributed by atoms with Gasteiger partial charge in [-0.3, -0.25) is 4.98 Å². The van der Waals surface area contributed by atoms with Gasteiger partial charge in [-0.05, 0) is 36.4 Å². The van der Waals surface area contributed by atoms with Crippen molar-refractivity contribution in [2.24, 2.45) is 9.98 Å². The van der Waals surface area contributed by atoms with Crippen molar-refractivity contribution in [2.75, 3.05) is 0 Å². The summed E-state index contributed by atoms with van der Waals surface area (Å²) < 4.78 is 2.35. The molecule has 2 heterocycles. The van der Waals surface area contributed by atoms with Crippen molar-refractivity contribution in [3.05, 3.63) is 210 Å². The van der Waals surface area contributed by atoms with Crippen LogP contribution in [0.1, 0.15) is 27.9 Å². The molecule has 4 nitrogen and oxygen atoms in total. The minimum atomic E-state index is 0.621. The first-order valence-electron chi connectivity index (χ1n) is 16.2. The molecule has 0 N–H and O–H groups in total. The third-order valence-corrected chi connectivity index (χ3v) is 8.55. The van der Waals surface area contributed by atoms with Gasteiger partial charge >= 0.3 is 0 Å². The summed E-state index contributed by atoms with van der Waals surface area (Å²) in [5, 5.41) is 2.34. The highest BCUT2D eigenvalue weighted by molar-refractivity contribution is 6.16. The number of rotatable bonds is 8. The molecule has 0 aliphatic carbocycles. The Morgan fingerprint density at radius 2 is 0.833 bits per heavy atom. The average molecular weight is 617 g/mol. The lowest BCUT2D eigenvalue weighted by Crippen LogP contribution is -2.03. The third kappa shape index (κ3) is 5.95. The SMILES string of the molecule is c1ccc(C(=Nc2ccc3c4ccc(N=C(c5ccccc5)c5ccccc5)cc4n(Cc4ccccn4)c3c2)c2ccccc2)cc1. The van der Waals surface area contributed by atoms with Gasteiger partial charge < -0.3 is 4.57 Å². The normalized spacial score (nSPS) is 11.0. The molecule has 0 saturated carbocycles. The second kappa shape index (κ2) is 13.1. The Morgan fingerprint density at radius 1 is 0.438 bits per heavy atom. The molecule has 0 aliphatic rings. The van der Waals surface area contributed by atoms with Crippen LogP contribution < -0.4 is 0 Å². The smallest absolute Gasteiger partial charge is 0.0781 e. The van der Waals surface area contributed by atoms with Gasteiger partial charge in [0, 0.05) is 39.2 Å². The van der Waals surface area contributed by atoms with E-state index in [0.29, 0.717) is 6.54 Å². The fraction of sp³-hybridized carbons (Fsp3) is 0.0227. The summed E-state index contributed by atoms with van der Waals surface area (Å²) in [7, 11) is 0. The quantitative estimate of drug-likeness (QED) is 0.157. The topological polar surface area (TPSA) is 42.5 Å². The van der Waals surface area contributed by atoms with Gasteiger partial charge in [-0.1, -0.05) is 140 Å². The van der Waals surface area contributed by atoms with E-state index in [2.05, 4.69) is 144 Å². The summed E-state index contributed by atoms with van der Waals surface area (Å²) in [6.45, 7) is 0.621. The van der Waals surface area contributed by atoms with Crippen molar-refractivity contribution in [3.63, 3.8) is 0 Å². The molecule has 2 aromatic heterocycles. The molecule has 6 aromatic carbocycles. The first kappa shape index (κ1) is 29.0. The molecular weight excluding hydrogens is 585 g/mol. The minimum absolute atomic E-state index is 0.621. The van der Waals surface area contributed by atoms with Gasteiger partial charge in [-0.25, -0.2) is 9.98 Å². The molecule has 0 radical (unpaired) electrons. The Bertz CT molecular complexity index is 2140. The van der Waals surface area contributed by atoms with Gasteiger partial charge in [0.1, 0.15) is 0 Å². The summed E-state index contributed by atoms with van der Waals surface area (Å²) in [6.07, 6.45) is 1.85. The number of hydrogen-bond donors (Lipinski definition) is 0. The summed E-state index contributed by atoms with van der Waals surface area (Å²) in [5.41, 5.74) is 11.2. The van der Waals surface area contributed by atoms with Crippen LogP contribution in [-0.4, -0.2) is 21.0 Å². The minimum Gasteiger partial charge on any atom is -0.334 e. The van der Waals surface area contributed by atoms with Gasteiger partial charge in [0.15, 0.2) is 0 Å². The predicted octanol–water partition coefficient (Wildman–Crippen LogP) is 10.6. The predicted molar refractivity (Wildman–Crippen MR) is 199 cm³/mol. The lowest BCUT2D eigenvalue weighted by molar-refractivity contribution is 0.835. The molecule has 228 valence electrons. The highest BCUT2D eigenvalue weighted by Crippen LogP contribution is 2.35. The van der Waals surface area contributed by atoms with Crippen LogP contribution >= 0.6 is 0 Å². The Hall–Kier alpha value is -6.39. The Kier molecular flexibility index (Phi) is 7.96. The maximum Gasteiger partial charge on any atom is 0.0781 e. The molecular formula is C44H32N4. The summed E-state index contributed by atoms with van der Waals surface area (Å²) in [6, 6.07) is 60.6. The van der Waals surface area contributed by atoms with E-state index in [9.17, 15) is 0 Å². The van der Waals surface area contributed by atoms with Gasteiger partial charge in [0.25, 0.3) is 0 Å². The van der Waals surface area contributed by atoms with E-state index in [-0.39, 0.29) is 0 Å².